The molecule has 2 heteroatoms. The summed E-state index contributed by atoms with van der Waals surface area (Å²) in [7, 11) is 0. The van der Waals surface area contributed by atoms with Crippen LogP contribution >= 0.6 is 0 Å². The summed E-state index contributed by atoms with van der Waals surface area (Å²) in [6.07, 6.45) is 3.82. The van der Waals surface area contributed by atoms with Gasteiger partial charge in [-0.15, -0.1) is 0 Å². The van der Waals surface area contributed by atoms with Crippen molar-refractivity contribution in [2.75, 3.05) is 6.61 Å². The zero-order valence-corrected chi connectivity index (χ0v) is 8.55. The average Bonchev–Trinajstić information content (AvgIpc) is 2.05. The first-order valence-corrected chi connectivity index (χ1v) is 4.52. The number of nitrogens with zero attached hydrogens (tertiary/aromatic N) is 1. The molecule has 0 saturated carbocycles. The first-order chi connectivity index (χ1) is 5.72. The Morgan fingerprint density at radius 2 is 2.00 bits per heavy atom. The Bertz CT molecular complexity index is 171. The van der Waals surface area contributed by atoms with Gasteiger partial charge in [-0.25, -0.2) is 4.99 Å². The van der Waals surface area contributed by atoms with E-state index in [0.717, 1.165) is 12.1 Å². The molecule has 0 N–H and O–H groups in total. The highest BCUT2D eigenvalue weighted by atomic mass is 16.5. The van der Waals surface area contributed by atoms with Crippen LogP contribution in [0.25, 0.3) is 0 Å². The molecule has 0 unspecified atom stereocenters. The van der Waals surface area contributed by atoms with Gasteiger partial charge >= 0.3 is 0 Å². The van der Waals surface area contributed by atoms with Gasteiger partial charge in [0.1, 0.15) is 0 Å². The quantitative estimate of drug-likeness (QED) is 0.457. The van der Waals surface area contributed by atoms with Crippen LogP contribution in [0.5, 0.6) is 0 Å². The summed E-state index contributed by atoms with van der Waals surface area (Å²) in [5, 5.41) is 0. The van der Waals surface area contributed by atoms with E-state index in [4.69, 9.17) is 4.74 Å². The molecule has 0 aromatic carbocycles. The second kappa shape index (κ2) is 6.89. The van der Waals surface area contributed by atoms with E-state index >= 15 is 0 Å². The molecule has 0 saturated heterocycles. The van der Waals surface area contributed by atoms with Crippen LogP contribution in [0.4, 0.5) is 0 Å². The van der Waals surface area contributed by atoms with Crippen molar-refractivity contribution in [2.24, 2.45) is 4.99 Å². The highest BCUT2D eigenvalue weighted by Crippen LogP contribution is 2.10. The van der Waals surface area contributed by atoms with Crippen LogP contribution in [0.3, 0.4) is 0 Å². The van der Waals surface area contributed by atoms with Crippen molar-refractivity contribution in [3.63, 3.8) is 0 Å². The third-order valence-corrected chi connectivity index (χ3v) is 1.73. The minimum absolute atomic E-state index is 0.684. The van der Waals surface area contributed by atoms with Crippen LogP contribution in [-0.2, 0) is 4.74 Å². The SMILES string of the molecule is CCC/C(C)=C(/C)N=COCC. The third kappa shape index (κ3) is 4.94. The molecule has 2 nitrogen and oxygen atoms in total. The van der Waals surface area contributed by atoms with Gasteiger partial charge in [0.2, 0.25) is 0 Å². The lowest BCUT2D eigenvalue weighted by Gasteiger charge is -2.00. The number of hydrogen-bond acceptors (Lipinski definition) is 2. The van der Waals surface area contributed by atoms with E-state index in [9.17, 15) is 0 Å². The van der Waals surface area contributed by atoms with E-state index in [1.54, 1.807) is 0 Å². The van der Waals surface area contributed by atoms with Crippen molar-refractivity contribution in [2.45, 2.75) is 40.5 Å². The minimum Gasteiger partial charge on any atom is -0.483 e. The van der Waals surface area contributed by atoms with Gasteiger partial charge in [0, 0.05) is 5.70 Å². The van der Waals surface area contributed by atoms with Crippen molar-refractivity contribution in [3.8, 4) is 0 Å². The molecule has 0 heterocycles. The molecule has 0 bridgehead atoms. The topological polar surface area (TPSA) is 21.6 Å². The maximum absolute atomic E-state index is 5.01. The van der Waals surface area contributed by atoms with Crippen molar-refractivity contribution >= 4 is 6.40 Å². The first-order valence-electron chi connectivity index (χ1n) is 4.52. The van der Waals surface area contributed by atoms with Gasteiger partial charge in [-0.2, -0.15) is 0 Å². The predicted molar refractivity (Wildman–Crippen MR) is 53.4 cm³/mol. The van der Waals surface area contributed by atoms with E-state index in [0.29, 0.717) is 6.61 Å². The molecular formula is C10H19NO. The van der Waals surface area contributed by atoms with Crippen LogP contribution in [0, 0.1) is 0 Å². The van der Waals surface area contributed by atoms with Crippen molar-refractivity contribution < 1.29 is 4.74 Å². The largest absolute Gasteiger partial charge is 0.483 e. The molecule has 0 aliphatic heterocycles. The molecule has 70 valence electrons. The van der Waals surface area contributed by atoms with Gasteiger partial charge in [-0.1, -0.05) is 18.9 Å². The molecule has 0 aromatic heterocycles. The van der Waals surface area contributed by atoms with Crippen LogP contribution < -0.4 is 0 Å². The summed E-state index contributed by atoms with van der Waals surface area (Å²) in [5.74, 6) is 0. The number of hydrogen-bond donors (Lipinski definition) is 0. The Hall–Kier alpha value is -0.790. The van der Waals surface area contributed by atoms with E-state index in [-0.39, 0.29) is 0 Å². The number of allylic oxidation sites excluding steroid dienone is 2. The average molecular weight is 169 g/mol. The number of ether oxygens (including phenoxy) is 1. The first kappa shape index (κ1) is 11.2. The Morgan fingerprint density at radius 3 is 2.50 bits per heavy atom. The molecule has 0 amide bonds. The summed E-state index contributed by atoms with van der Waals surface area (Å²) in [4.78, 5) is 4.16. The van der Waals surface area contributed by atoms with E-state index in [2.05, 4.69) is 18.8 Å². The zero-order chi connectivity index (χ0) is 9.40. The lowest BCUT2D eigenvalue weighted by atomic mass is 10.1. The van der Waals surface area contributed by atoms with Crippen LogP contribution in [0.1, 0.15) is 40.5 Å². The van der Waals surface area contributed by atoms with Gasteiger partial charge < -0.3 is 4.74 Å². The van der Waals surface area contributed by atoms with Crippen LogP contribution in [0.15, 0.2) is 16.3 Å². The lowest BCUT2D eigenvalue weighted by molar-refractivity contribution is 0.343. The highest BCUT2D eigenvalue weighted by molar-refractivity contribution is 5.48. The summed E-state index contributed by atoms with van der Waals surface area (Å²) >= 11 is 0. The smallest absolute Gasteiger partial charge is 0.174 e. The fourth-order valence-corrected chi connectivity index (χ4v) is 0.857. The summed E-state index contributed by atoms with van der Waals surface area (Å²) in [5.41, 5.74) is 2.42. The molecule has 0 spiro atoms. The summed E-state index contributed by atoms with van der Waals surface area (Å²) in [6, 6.07) is 0. The second-order valence-corrected chi connectivity index (χ2v) is 2.81. The second-order valence-electron chi connectivity index (χ2n) is 2.81. The van der Waals surface area contributed by atoms with Crippen molar-refractivity contribution in [3.05, 3.63) is 11.3 Å². The molecule has 0 fully saturated rings. The molecule has 12 heavy (non-hydrogen) atoms. The predicted octanol–water partition coefficient (Wildman–Crippen LogP) is 3.15. The maximum Gasteiger partial charge on any atom is 0.174 e. The highest BCUT2D eigenvalue weighted by Gasteiger charge is 1.92. The summed E-state index contributed by atoms with van der Waals surface area (Å²) < 4.78 is 5.01. The van der Waals surface area contributed by atoms with Gasteiger partial charge in [-0.3, -0.25) is 0 Å². The van der Waals surface area contributed by atoms with Gasteiger partial charge in [0.25, 0.3) is 0 Å². The molecule has 0 atom stereocenters. The molecule has 0 aromatic rings. The van der Waals surface area contributed by atoms with Crippen LogP contribution in [-0.4, -0.2) is 13.0 Å². The normalized spacial score (nSPS) is 13.3. The van der Waals surface area contributed by atoms with Crippen molar-refractivity contribution in [1.82, 2.24) is 0 Å². The Kier molecular flexibility index (Phi) is 6.44. The number of rotatable bonds is 5. The van der Waals surface area contributed by atoms with E-state index in [1.165, 1.54) is 18.4 Å². The summed E-state index contributed by atoms with van der Waals surface area (Å²) in [6.45, 7) is 8.93. The lowest BCUT2D eigenvalue weighted by Crippen LogP contribution is -1.87. The van der Waals surface area contributed by atoms with Gasteiger partial charge in [0.15, 0.2) is 6.40 Å². The molecule has 0 aliphatic rings. The molecule has 0 aliphatic carbocycles. The monoisotopic (exact) mass is 169 g/mol. The van der Waals surface area contributed by atoms with E-state index in [1.807, 2.05) is 13.8 Å². The molecule has 0 radical (unpaired) electrons. The van der Waals surface area contributed by atoms with Gasteiger partial charge in [0.05, 0.1) is 6.61 Å². The fraction of sp³-hybridized carbons (Fsp3) is 0.700. The molecule has 0 rings (SSSR count). The van der Waals surface area contributed by atoms with E-state index < -0.39 is 0 Å². The molecular weight excluding hydrogens is 150 g/mol. The maximum atomic E-state index is 5.01. The zero-order valence-electron chi connectivity index (χ0n) is 8.55. The Morgan fingerprint density at radius 1 is 1.33 bits per heavy atom. The standard InChI is InChI=1S/C10H19NO/c1-5-7-9(3)10(4)11-8-12-6-2/h8H,5-7H2,1-4H3/b10-9-,11-8?. The minimum atomic E-state index is 0.684. The Labute approximate surface area is 75.3 Å². The fourth-order valence-electron chi connectivity index (χ4n) is 0.857. The third-order valence-electron chi connectivity index (χ3n) is 1.73. The van der Waals surface area contributed by atoms with Crippen molar-refractivity contribution in [1.29, 1.82) is 0 Å². The Balaban J connectivity index is 3.97. The van der Waals surface area contributed by atoms with Crippen LogP contribution in [0.2, 0.25) is 0 Å². The van der Waals surface area contributed by atoms with Gasteiger partial charge in [-0.05, 0) is 27.2 Å². The number of aliphatic imine (C=N–C) groups is 1.